The van der Waals surface area contributed by atoms with Crippen LogP contribution in [0.3, 0.4) is 0 Å². The summed E-state index contributed by atoms with van der Waals surface area (Å²) in [6, 6.07) is 0. The van der Waals surface area contributed by atoms with Gasteiger partial charge in [0, 0.05) is 25.4 Å². The molecule has 0 bridgehead atoms. The van der Waals surface area contributed by atoms with E-state index in [1.54, 1.807) is 0 Å². The average Bonchev–Trinajstić information content (AvgIpc) is 3.06. The second-order valence-corrected chi connectivity index (χ2v) is 12.2. The van der Waals surface area contributed by atoms with Crippen LogP contribution in [0, 0.1) is 28.6 Å². The average molecular weight is 527 g/mol. The predicted octanol–water partition coefficient (Wildman–Crippen LogP) is 3.95. The lowest BCUT2D eigenvalue weighted by atomic mass is 9.47. The van der Waals surface area contributed by atoms with Gasteiger partial charge in [0.1, 0.15) is 12.4 Å². The van der Waals surface area contributed by atoms with Crippen LogP contribution in [0.5, 0.6) is 0 Å². The highest BCUT2D eigenvalue weighted by molar-refractivity contribution is 9.09. The van der Waals surface area contributed by atoms with Crippen molar-refractivity contribution in [2.75, 3.05) is 13.2 Å². The minimum absolute atomic E-state index is 0.00830. The van der Waals surface area contributed by atoms with E-state index >= 15 is 0 Å². The molecule has 4 rings (SSSR count). The Kier molecular flexibility index (Phi) is 7.74. The number of alkyl halides is 1. The summed E-state index contributed by atoms with van der Waals surface area (Å²) in [5, 5.41) is 21.9. The molecule has 3 unspecified atom stereocenters. The number of hydrogen-bond acceptors (Lipinski definition) is 6. The van der Waals surface area contributed by atoms with Gasteiger partial charge in [-0.05, 0) is 74.5 Å². The Bertz CT molecular complexity index is 770. The highest BCUT2D eigenvalue weighted by Gasteiger charge is 2.65. The summed E-state index contributed by atoms with van der Waals surface area (Å²) >= 11 is 3.74. The maximum absolute atomic E-state index is 11.8. The number of carbonyl (C=O) groups excluding carboxylic acids is 2. The largest absolute Gasteiger partial charge is 0.461 e. The van der Waals surface area contributed by atoms with Crippen molar-refractivity contribution in [1.29, 1.82) is 0 Å². The normalized spacial score (nSPS) is 44.3. The van der Waals surface area contributed by atoms with Crippen LogP contribution in [0.4, 0.5) is 0 Å². The molecular formula is C26H39BrO6. The molecule has 3 fully saturated rings. The summed E-state index contributed by atoms with van der Waals surface area (Å²) in [5.41, 5.74) is 0.859. The Hall–Kier alpha value is -0.760. The smallest absolute Gasteiger partial charge is 0.302 e. The van der Waals surface area contributed by atoms with Crippen molar-refractivity contribution in [2.45, 2.75) is 94.8 Å². The molecule has 0 aromatic carbocycles. The van der Waals surface area contributed by atoms with Gasteiger partial charge in [0.15, 0.2) is 0 Å². The molecule has 0 spiro atoms. The van der Waals surface area contributed by atoms with Crippen LogP contribution in [0.15, 0.2) is 11.6 Å². The van der Waals surface area contributed by atoms with Crippen LogP contribution in [0.2, 0.25) is 0 Å². The maximum Gasteiger partial charge on any atom is 0.302 e. The van der Waals surface area contributed by atoms with Crippen molar-refractivity contribution in [3.8, 4) is 0 Å². The molecular weight excluding hydrogens is 488 g/mol. The van der Waals surface area contributed by atoms with Gasteiger partial charge in [0.05, 0.1) is 23.6 Å². The van der Waals surface area contributed by atoms with Gasteiger partial charge in [-0.15, -0.1) is 0 Å². The minimum Gasteiger partial charge on any atom is -0.461 e. The lowest BCUT2D eigenvalue weighted by Crippen LogP contribution is -2.57. The molecule has 9 atom stereocenters. The van der Waals surface area contributed by atoms with E-state index in [1.165, 1.54) is 12.5 Å². The van der Waals surface area contributed by atoms with Crippen LogP contribution >= 0.6 is 15.9 Å². The van der Waals surface area contributed by atoms with E-state index < -0.39 is 11.5 Å². The first-order valence-electron chi connectivity index (χ1n) is 12.6. The Labute approximate surface area is 205 Å². The summed E-state index contributed by atoms with van der Waals surface area (Å²) in [6.07, 6.45) is 10.1. The third-order valence-corrected chi connectivity index (χ3v) is 10.2. The zero-order valence-corrected chi connectivity index (χ0v) is 21.5. The molecule has 2 N–H and O–H groups in total. The number of aliphatic hydroxyl groups excluding tert-OH is 2. The summed E-state index contributed by atoms with van der Waals surface area (Å²) in [4.78, 5) is 22.3. The van der Waals surface area contributed by atoms with Crippen molar-refractivity contribution in [1.82, 2.24) is 0 Å². The minimum atomic E-state index is -0.559. The molecule has 4 aliphatic carbocycles. The molecule has 0 saturated heterocycles. The second-order valence-electron chi connectivity index (χ2n) is 11.0. The van der Waals surface area contributed by atoms with Crippen molar-refractivity contribution >= 4 is 28.2 Å². The van der Waals surface area contributed by atoms with Gasteiger partial charge in [-0.1, -0.05) is 34.5 Å². The maximum atomic E-state index is 11.8. The van der Waals surface area contributed by atoms with E-state index in [2.05, 4.69) is 28.9 Å². The van der Waals surface area contributed by atoms with Crippen LogP contribution in [0.25, 0.3) is 0 Å². The number of halogens is 1. The van der Waals surface area contributed by atoms with Crippen LogP contribution in [0.1, 0.15) is 71.6 Å². The zero-order valence-electron chi connectivity index (χ0n) is 19.9. The molecule has 6 nitrogen and oxygen atoms in total. The summed E-state index contributed by atoms with van der Waals surface area (Å²) < 4.78 is 11.9. The lowest BCUT2D eigenvalue weighted by Gasteiger charge is -2.59. The Morgan fingerprint density at radius 3 is 2.76 bits per heavy atom. The second kappa shape index (κ2) is 10.1. The van der Waals surface area contributed by atoms with Gasteiger partial charge in [0.25, 0.3) is 0 Å². The first kappa shape index (κ1) is 25.3. The molecule has 7 heteroatoms. The molecule has 0 aliphatic heterocycles. The number of unbranched alkanes of at least 4 members (excludes halogenated alkanes) is 2. The fourth-order valence-corrected chi connectivity index (χ4v) is 8.77. The number of fused-ring (bicyclic) bond motifs is 5. The number of ether oxygens (including phenoxy) is 2. The van der Waals surface area contributed by atoms with Gasteiger partial charge in [-0.2, -0.15) is 0 Å². The highest BCUT2D eigenvalue weighted by Crippen LogP contribution is 2.66. The number of aliphatic hydroxyl groups is 2. The number of carbonyl (C=O) groups is 2. The van der Waals surface area contributed by atoms with E-state index in [0.29, 0.717) is 18.9 Å². The van der Waals surface area contributed by atoms with Gasteiger partial charge >= 0.3 is 5.97 Å². The Morgan fingerprint density at radius 2 is 2.06 bits per heavy atom. The predicted molar refractivity (Wildman–Crippen MR) is 128 cm³/mol. The van der Waals surface area contributed by atoms with Crippen molar-refractivity contribution < 1.29 is 29.3 Å². The molecule has 186 valence electrons. The van der Waals surface area contributed by atoms with Gasteiger partial charge < -0.3 is 24.5 Å². The molecule has 33 heavy (non-hydrogen) atoms. The molecule has 3 saturated carbocycles. The van der Waals surface area contributed by atoms with E-state index in [9.17, 15) is 19.8 Å². The number of aldehydes is 1. The fourth-order valence-electron chi connectivity index (χ4n) is 7.74. The van der Waals surface area contributed by atoms with Crippen molar-refractivity contribution in [2.24, 2.45) is 28.6 Å². The van der Waals surface area contributed by atoms with Crippen LogP contribution < -0.4 is 0 Å². The number of esters is 1. The zero-order chi connectivity index (χ0) is 23.8. The van der Waals surface area contributed by atoms with E-state index in [0.717, 1.165) is 57.7 Å². The SMILES string of the molecule is CC(=O)O[C@H]1[C@H](Br)CC2C3C(CC[C@@]21CO)[C@@]1(C)CC[C@H](OCCCCC=O)CC1=C[C@@H]3O. The fraction of sp³-hybridized carbons (Fsp3) is 0.846. The first-order chi connectivity index (χ1) is 15.8. The summed E-state index contributed by atoms with van der Waals surface area (Å²) in [5.74, 6) is 0.192. The molecule has 0 aromatic heterocycles. The van der Waals surface area contributed by atoms with Gasteiger partial charge in [-0.25, -0.2) is 0 Å². The van der Waals surface area contributed by atoms with Crippen molar-refractivity contribution in [3.63, 3.8) is 0 Å². The Balaban J connectivity index is 1.52. The van der Waals surface area contributed by atoms with E-state index in [1.807, 2.05) is 0 Å². The highest BCUT2D eigenvalue weighted by atomic mass is 79.9. The topological polar surface area (TPSA) is 93.1 Å². The molecule has 0 aromatic rings. The third kappa shape index (κ3) is 4.48. The van der Waals surface area contributed by atoms with E-state index in [-0.39, 0.29) is 46.9 Å². The Morgan fingerprint density at radius 1 is 1.27 bits per heavy atom. The van der Waals surface area contributed by atoms with Gasteiger partial charge in [-0.3, -0.25) is 4.79 Å². The lowest BCUT2D eigenvalue weighted by molar-refractivity contribution is -0.167. The van der Waals surface area contributed by atoms with Gasteiger partial charge in [0.2, 0.25) is 0 Å². The molecule has 0 heterocycles. The van der Waals surface area contributed by atoms with Crippen molar-refractivity contribution in [3.05, 3.63) is 11.6 Å². The molecule has 4 aliphatic rings. The third-order valence-electron chi connectivity index (χ3n) is 9.37. The molecule has 0 radical (unpaired) electrons. The standard InChI is InChI=1S/C26H39BrO6/c1-16(30)33-24-21(27)14-20-23-19(7-9-26(20,24)15-29)25(2)8-6-18(12-17(25)13-22(23)31)32-11-5-3-4-10-28/h10,13,18-24,29,31H,3-9,11-12,14-15H2,1-2H3/t18-,19?,20?,21+,22-,23?,24-,25-,26+/m0/s1. The van der Waals surface area contributed by atoms with E-state index in [4.69, 9.17) is 9.47 Å². The molecule has 0 amide bonds. The first-order valence-corrected chi connectivity index (χ1v) is 13.5. The number of rotatable bonds is 8. The van der Waals surface area contributed by atoms with Crippen LogP contribution in [-0.2, 0) is 19.1 Å². The number of hydrogen-bond donors (Lipinski definition) is 2. The monoisotopic (exact) mass is 526 g/mol. The summed E-state index contributed by atoms with van der Waals surface area (Å²) in [6.45, 7) is 4.44. The summed E-state index contributed by atoms with van der Waals surface area (Å²) in [7, 11) is 0. The van der Waals surface area contributed by atoms with Crippen LogP contribution in [-0.4, -0.2) is 58.8 Å². The quantitative estimate of drug-likeness (QED) is 0.163.